The number of hydrogen-bond donors (Lipinski definition) is 2. The van der Waals surface area contributed by atoms with E-state index in [9.17, 15) is 0 Å². The first-order chi connectivity index (χ1) is 10.6. The number of rotatable bonds is 5. The highest BCUT2D eigenvalue weighted by Gasteiger charge is 2.17. The molecular formula is C19H19N3. The second-order valence-electron chi connectivity index (χ2n) is 5.15. The number of nitriles is 1. The molecule has 0 radical (unpaired) electrons. The molecule has 22 heavy (non-hydrogen) atoms. The predicted molar refractivity (Wildman–Crippen MR) is 91.5 cm³/mol. The molecular weight excluding hydrogens is 270 g/mol. The molecule has 0 aromatic heterocycles. The Balaban J connectivity index is 2.35. The Morgan fingerprint density at radius 1 is 1.23 bits per heavy atom. The van der Waals surface area contributed by atoms with Crippen LogP contribution >= 0.6 is 0 Å². The van der Waals surface area contributed by atoms with Crippen molar-refractivity contribution in [1.29, 1.82) is 10.7 Å². The van der Waals surface area contributed by atoms with Crippen LogP contribution in [0, 0.1) is 16.7 Å². The summed E-state index contributed by atoms with van der Waals surface area (Å²) in [4.78, 5) is 0. The minimum atomic E-state index is 0.0455. The van der Waals surface area contributed by atoms with Gasteiger partial charge in [0, 0.05) is 24.2 Å². The number of allylic oxidation sites excluding steroid dienone is 1. The maximum atomic E-state index is 9.07. The second kappa shape index (κ2) is 6.73. The number of anilines is 1. The molecule has 0 amide bonds. The fraction of sp³-hybridized carbons (Fsp3) is 0.158. The van der Waals surface area contributed by atoms with Crippen molar-refractivity contribution in [1.82, 2.24) is 0 Å². The van der Waals surface area contributed by atoms with E-state index in [-0.39, 0.29) is 5.92 Å². The molecule has 0 saturated heterocycles. The van der Waals surface area contributed by atoms with Gasteiger partial charge in [0.15, 0.2) is 0 Å². The third-order valence-electron chi connectivity index (χ3n) is 3.83. The van der Waals surface area contributed by atoms with Crippen LogP contribution < -0.4 is 5.32 Å². The average Bonchev–Trinajstić information content (AvgIpc) is 2.59. The molecule has 2 N–H and O–H groups in total. The minimum absolute atomic E-state index is 0.0455. The summed E-state index contributed by atoms with van der Waals surface area (Å²) in [6.45, 7) is 6.14. The van der Waals surface area contributed by atoms with Crippen molar-refractivity contribution in [3.63, 3.8) is 0 Å². The fourth-order valence-corrected chi connectivity index (χ4v) is 2.37. The Bertz CT molecular complexity index is 739. The van der Waals surface area contributed by atoms with Gasteiger partial charge in [-0.3, -0.25) is 5.41 Å². The minimum Gasteiger partial charge on any atom is -0.388 e. The van der Waals surface area contributed by atoms with Gasteiger partial charge in [0.05, 0.1) is 17.3 Å². The normalized spacial score (nSPS) is 11.3. The van der Waals surface area contributed by atoms with E-state index in [1.807, 2.05) is 50.4 Å². The zero-order valence-corrected chi connectivity index (χ0v) is 12.9. The zero-order valence-electron chi connectivity index (χ0n) is 12.9. The first kappa shape index (κ1) is 15.5. The Morgan fingerprint density at radius 2 is 1.91 bits per heavy atom. The largest absolute Gasteiger partial charge is 0.388 e. The Labute approximate surface area is 131 Å². The summed E-state index contributed by atoms with van der Waals surface area (Å²) in [5.74, 6) is 0.0455. The van der Waals surface area contributed by atoms with Crippen molar-refractivity contribution in [2.45, 2.75) is 12.8 Å². The Morgan fingerprint density at radius 3 is 2.50 bits per heavy atom. The molecule has 0 bridgehead atoms. The fourth-order valence-electron chi connectivity index (χ4n) is 2.37. The number of nitrogens with one attached hydrogen (secondary N) is 2. The lowest BCUT2D eigenvalue weighted by atomic mass is 9.87. The van der Waals surface area contributed by atoms with Gasteiger partial charge in [-0.15, -0.1) is 0 Å². The maximum Gasteiger partial charge on any atom is 0.0991 e. The molecule has 2 aromatic carbocycles. The monoisotopic (exact) mass is 289 g/mol. The van der Waals surface area contributed by atoms with Crippen LogP contribution in [0.3, 0.4) is 0 Å². The molecule has 0 aliphatic carbocycles. The van der Waals surface area contributed by atoms with E-state index in [0.29, 0.717) is 16.8 Å². The number of benzene rings is 2. The third kappa shape index (κ3) is 3.07. The van der Waals surface area contributed by atoms with Gasteiger partial charge in [-0.05, 0) is 29.3 Å². The van der Waals surface area contributed by atoms with Gasteiger partial charge in [-0.1, -0.05) is 43.8 Å². The van der Waals surface area contributed by atoms with Crippen LogP contribution in [0.15, 0.2) is 60.7 Å². The molecule has 3 nitrogen and oxygen atoms in total. The van der Waals surface area contributed by atoms with Gasteiger partial charge in [0.1, 0.15) is 0 Å². The van der Waals surface area contributed by atoms with Crippen molar-refractivity contribution >= 4 is 11.4 Å². The number of hydrogen-bond acceptors (Lipinski definition) is 3. The van der Waals surface area contributed by atoms with Crippen LogP contribution in [0.5, 0.6) is 0 Å². The molecule has 110 valence electrons. The van der Waals surface area contributed by atoms with Crippen LogP contribution in [0.2, 0.25) is 0 Å². The lowest BCUT2D eigenvalue weighted by molar-refractivity contribution is 0.936. The highest BCUT2D eigenvalue weighted by Crippen LogP contribution is 2.28. The van der Waals surface area contributed by atoms with Crippen LogP contribution in [-0.4, -0.2) is 12.8 Å². The van der Waals surface area contributed by atoms with E-state index in [0.717, 1.165) is 16.8 Å². The molecule has 0 spiro atoms. The summed E-state index contributed by atoms with van der Waals surface area (Å²) in [6.07, 6.45) is 0. The summed E-state index contributed by atoms with van der Waals surface area (Å²) in [6, 6.07) is 17.4. The van der Waals surface area contributed by atoms with Crippen molar-refractivity contribution in [2.75, 3.05) is 12.4 Å². The van der Waals surface area contributed by atoms with Crippen LogP contribution in [-0.2, 0) is 0 Å². The molecule has 0 aliphatic heterocycles. The van der Waals surface area contributed by atoms with E-state index < -0.39 is 0 Å². The first-order valence-corrected chi connectivity index (χ1v) is 7.13. The summed E-state index contributed by atoms with van der Waals surface area (Å²) in [5, 5.41) is 20.6. The number of nitrogens with zero attached hydrogens (tertiary/aromatic N) is 1. The standard InChI is InChI=1S/C19H19N3/c1-13(16-7-5-4-6-8-16)14(2)19(21)17-11-15(12-20)9-10-18(17)22-3/h4-11,13,21-22H,2H2,1,3H3. The molecule has 0 saturated carbocycles. The van der Waals surface area contributed by atoms with Crippen LogP contribution in [0.25, 0.3) is 0 Å². The second-order valence-corrected chi connectivity index (χ2v) is 5.15. The van der Waals surface area contributed by atoms with Gasteiger partial charge in [0.25, 0.3) is 0 Å². The summed E-state index contributed by atoms with van der Waals surface area (Å²) >= 11 is 0. The average molecular weight is 289 g/mol. The quantitative estimate of drug-likeness (QED) is 0.805. The molecule has 1 unspecified atom stereocenters. The lowest BCUT2D eigenvalue weighted by Gasteiger charge is -2.18. The molecule has 0 heterocycles. The third-order valence-corrected chi connectivity index (χ3v) is 3.83. The lowest BCUT2D eigenvalue weighted by Crippen LogP contribution is -2.11. The van der Waals surface area contributed by atoms with E-state index in [1.54, 1.807) is 12.1 Å². The maximum absolute atomic E-state index is 9.07. The Hall–Kier alpha value is -2.86. The van der Waals surface area contributed by atoms with Gasteiger partial charge >= 0.3 is 0 Å². The van der Waals surface area contributed by atoms with Crippen molar-refractivity contribution in [2.24, 2.45) is 0 Å². The van der Waals surface area contributed by atoms with Gasteiger partial charge in [-0.2, -0.15) is 5.26 Å². The van der Waals surface area contributed by atoms with Crippen LogP contribution in [0.1, 0.15) is 29.5 Å². The van der Waals surface area contributed by atoms with E-state index in [1.165, 1.54) is 0 Å². The predicted octanol–water partition coefficient (Wildman–Crippen LogP) is 4.33. The molecule has 0 aliphatic rings. The smallest absolute Gasteiger partial charge is 0.0991 e. The van der Waals surface area contributed by atoms with E-state index in [4.69, 9.17) is 10.7 Å². The molecule has 0 fully saturated rings. The topological polar surface area (TPSA) is 59.7 Å². The summed E-state index contributed by atoms with van der Waals surface area (Å²) < 4.78 is 0. The highest BCUT2D eigenvalue weighted by molar-refractivity contribution is 6.14. The van der Waals surface area contributed by atoms with Crippen molar-refractivity contribution < 1.29 is 0 Å². The molecule has 1 atom stereocenters. The van der Waals surface area contributed by atoms with Gasteiger partial charge in [-0.25, -0.2) is 0 Å². The molecule has 3 heteroatoms. The van der Waals surface area contributed by atoms with Crippen LogP contribution in [0.4, 0.5) is 5.69 Å². The van der Waals surface area contributed by atoms with Gasteiger partial charge < -0.3 is 5.32 Å². The summed E-state index contributed by atoms with van der Waals surface area (Å²) in [5.41, 5.74) is 4.29. The first-order valence-electron chi connectivity index (χ1n) is 7.13. The van der Waals surface area contributed by atoms with E-state index in [2.05, 4.69) is 18.0 Å². The van der Waals surface area contributed by atoms with E-state index >= 15 is 0 Å². The SMILES string of the molecule is C=C(C(=N)c1cc(C#N)ccc1NC)C(C)c1ccccc1. The molecule has 2 rings (SSSR count). The highest BCUT2D eigenvalue weighted by atomic mass is 14.8. The van der Waals surface area contributed by atoms with Crippen molar-refractivity contribution in [3.05, 3.63) is 77.4 Å². The van der Waals surface area contributed by atoms with Crippen molar-refractivity contribution in [3.8, 4) is 6.07 Å². The zero-order chi connectivity index (χ0) is 16.1. The molecule has 2 aromatic rings. The van der Waals surface area contributed by atoms with Gasteiger partial charge in [0.2, 0.25) is 0 Å². The Kier molecular flexibility index (Phi) is 4.75. The summed E-state index contributed by atoms with van der Waals surface area (Å²) in [7, 11) is 1.81.